The summed E-state index contributed by atoms with van der Waals surface area (Å²) < 4.78 is 0. The topological polar surface area (TPSA) is 92.4 Å². The lowest BCUT2D eigenvalue weighted by atomic mass is 9.61. The summed E-state index contributed by atoms with van der Waals surface area (Å²) in [5.41, 5.74) is 5.83. The summed E-state index contributed by atoms with van der Waals surface area (Å²) in [6.07, 6.45) is 1.53. The van der Waals surface area contributed by atoms with Crippen molar-refractivity contribution in [3.05, 3.63) is 0 Å². The lowest BCUT2D eigenvalue weighted by Gasteiger charge is -2.46. The van der Waals surface area contributed by atoms with Crippen LogP contribution >= 0.6 is 0 Å². The molecule has 1 fully saturated rings. The quantitative estimate of drug-likeness (QED) is 0.701. The molecule has 0 aromatic rings. The Morgan fingerprint density at radius 3 is 2.44 bits per heavy atom. The molecule has 1 aliphatic carbocycles. The molecule has 18 heavy (non-hydrogen) atoms. The summed E-state index contributed by atoms with van der Waals surface area (Å²) in [5, 5.41) is 11.4. The van der Waals surface area contributed by atoms with Gasteiger partial charge in [-0.05, 0) is 31.1 Å². The van der Waals surface area contributed by atoms with E-state index >= 15 is 0 Å². The summed E-state index contributed by atoms with van der Waals surface area (Å²) in [7, 11) is 0. The first-order chi connectivity index (χ1) is 8.17. The molecule has 0 heterocycles. The highest BCUT2D eigenvalue weighted by atomic mass is 16.4. The van der Waals surface area contributed by atoms with Crippen molar-refractivity contribution >= 4 is 11.9 Å². The number of carbonyl (C=O) groups excluding carboxylic acids is 1. The maximum Gasteiger partial charge on any atom is 0.325 e. The van der Waals surface area contributed by atoms with Gasteiger partial charge in [0.05, 0.1) is 0 Å². The van der Waals surface area contributed by atoms with Crippen molar-refractivity contribution in [3.8, 4) is 0 Å². The number of aliphatic carboxylic acids is 1. The van der Waals surface area contributed by atoms with Crippen molar-refractivity contribution in [1.82, 2.24) is 5.32 Å². The highest BCUT2D eigenvalue weighted by Gasteiger charge is 2.45. The Labute approximate surface area is 108 Å². The Morgan fingerprint density at radius 1 is 1.39 bits per heavy atom. The summed E-state index contributed by atoms with van der Waals surface area (Å²) in [4.78, 5) is 22.9. The van der Waals surface area contributed by atoms with Gasteiger partial charge in [-0.25, -0.2) is 0 Å². The summed E-state index contributed by atoms with van der Waals surface area (Å²) >= 11 is 0. The SMILES string of the molecule is CC1C(N)CCC(C(=O)N[C@H](C)C(=O)O)C1(C)C. The van der Waals surface area contributed by atoms with Gasteiger partial charge in [-0.2, -0.15) is 0 Å². The van der Waals surface area contributed by atoms with Crippen LogP contribution in [0, 0.1) is 17.3 Å². The van der Waals surface area contributed by atoms with Gasteiger partial charge < -0.3 is 16.2 Å². The minimum absolute atomic E-state index is 0.112. The lowest BCUT2D eigenvalue weighted by molar-refractivity contribution is -0.143. The van der Waals surface area contributed by atoms with E-state index in [0.29, 0.717) is 0 Å². The zero-order valence-corrected chi connectivity index (χ0v) is 11.6. The number of carboxylic acids is 1. The van der Waals surface area contributed by atoms with E-state index < -0.39 is 12.0 Å². The number of nitrogens with one attached hydrogen (secondary N) is 1. The summed E-state index contributed by atoms with van der Waals surface area (Å²) in [5.74, 6) is -1.12. The molecular formula is C13H24N2O3. The molecule has 3 unspecified atom stereocenters. The van der Waals surface area contributed by atoms with E-state index in [1.165, 1.54) is 6.92 Å². The van der Waals surface area contributed by atoms with Crippen LogP contribution in [0.4, 0.5) is 0 Å². The maximum absolute atomic E-state index is 12.2. The second-order valence-corrected chi connectivity index (χ2v) is 5.97. The highest BCUT2D eigenvalue weighted by molar-refractivity contribution is 5.85. The number of hydrogen-bond acceptors (Lipinski definition) is 3. The molecule has 0 aromatic heterocycles. The van der Waals surface area contributed by atoms with E-state index in [4.69, 9.17) is 10.8 Å². The molecule has 0 aliphatic heterocycles. The van der Waals surface area contributed by atoms with Crippen LogP contribution in [-0.2, 0) is 9.59 Å². The van der Waals surface area contributed by atoms with Crippen LogP contribution < -0.4 is 11.1 Å². The van der Waals surface area contributed by atoms with Gasteiger partial charge in [-0.3, -0.25) is 9.59 Å². The monoisotopic (exact) mass is 256 g/mol. The van der Waals surface area contributed by atoms with Gasteiger partial charge in [0, 0.05) is 12.0 Å². The molecule has 104 valence electrons. The first kappa shape index (κ1) is 15.0. The Kier molecular flexibility index (Phi) is 4.37. The van der Waals surface area contributed by atoms with Crippen molar-refractivity contribution in [3.63, 3.8) is 0 Å². The number of carboxylic acid groups (broad SMARTS) is 1. The van der Waals surface area contributed by atoms with Gasteiger partial charge in [0.1, 0.15) is 6.04 Å². The molecule has 5 heteroatoms. The van der Waals surface area contributed by atoms with Gasteiger partial charge >= 0.3 is 5.97 Å². The van der Waals surface area contributed by atoms with Gasteiger partial charge in [0.15, 0.2) is 0 Å². The number of amides is 1. The van der Waals surface area contributed by atoms with E-state index in [0.717, 1.165) is 12.8 Å². The molecular weight excluding hydrogens is 232 g/mol. The fourth-order valence-electron chi connectivity index (χ4n) is 2.69. The van der Waals surface area contributed by atoms with Crippen LogP contribution in [0.25, 0.3) is 0 Å². The Hall–Kier alpha value is -1.10. The average Bonchev–Trinajstić information content (AvgIpc) is 2.25. The minimum Gasteiger partial charge on any atom is -0.480 e. The van der Waals surface area contributed by atoms with Crippen LogP contribution in [0.1, 0.15) is 40.5 Å². The van der Waals surface area contributed by atoms with Crippen molar-refractivity contribution in [2.45, 2.75) is 52.6 Å². The molecule has 0 spiro atoms. The molecule has 4 atom stereocenters. The van der Waals surface area contributed by atoms with Crippen LogP contribution in [-0.4, -0.2) is 29.1 Å². The van der Waals surface area contributed by atoms with E-state index in [9.17, 15) is 9.59 Å². The van der Waals surface area contributed by atoms with E-state index in [-0.39, 0.29) is 29.2 Å². The zero-order chi connectivity index (χ0) is 14.1. The van der Waals surface area contributed by atoms with Gasteiger partial charge in [0.2, 0.25) is 5.91 Å². The predicted molar refractivity (Wildman–Crippen MR) is 68.9 cm³/mol. The van der Waals surface area contributed by atoms with Crippen LogP contribution in [0.3, 0.4) is 0 Å². The van der Waals surface area contributed by atoms with Crippen molar-refractivity contribution in [2.24, 2.45) is 23.0 Å². The zero-order valence-electron chi connectivity index (χ0n) is 11.6. The number of hydrogen-bond donors (Lipinski definition) is 3. The summed E-state index contributed by atoms with van der Waals surface area (Å²) in [6.45, 7) is 7.61. The molecule has 0 radical (unpaired) electrons. The highest BCUT2D eigenvalue weighted by Crippen LogP contribution is 2.44. The molecule has 1 rings (SSSR count). The van der Waals surface area contributed by atoms with Crippen LogP contribution in [0.15, 0.2) is 0 Å². The molecule has 4 N–H and O–H groups in total. The molecule has 0 bridgehead atoms. The van der Waals surface area contributed by atoms with Gasteiger partial charge in [-0.1, -0.05) is 20.8 Å². The van der Waals surface area contributed by atoms with E-state index in [1.807, 2.05) is 13.8 Å². The molecule has 5 nitrogen and oxygen atoms in total. The van der Waals surface area contributed by atoms with Gasteiger partial charge in [-0.15, -0.1) is 0 Å². The van der Waals surface area contributed by atoms with Crippen molar-refractivity contribution in [2.75, 3.05) is 0 Å². The normalized spacial score (nSPS) is 32.6. The smallest absolute Gasteiger partial charge is 0.325 e. The van der Waals surface area contributed by atoms with E-state index in [2.05, 4.69) is 12.2 Å². The van der Waals surface area contributed by atoms with Crippen molar-refractivity contribution in [1.29, 1.82) is 0 Å². The molecule has 0 aromatic carbocycles. The second kappa shape index (κ2) is 5.26. The van der Waals surface area contributed by atoms with Gasteiger partial charge in [0.25, 0.3) is 0 Å². The average molecular weight is 256 g/mol. The Bertz CT molecular complexity index is 341. The van der Waals surface area contributed by atoms with Crippen LogP contribution in [0.5, 0.6) is 0 Å². The second-order valence-electron chi connectivity index (χ2n) is 5.97. The first-order valence-electron chi connectivity index (χ1n) is 6.46. The molecule has 1 saturated carbocycles. The first-order valence-corrected chi connectivity index (χ1v) is 6.46. The third kappa shape index (κ3) is 2.83. The molecule has 0 saturated heterocycles. The molecule has 1 amide bonds. The fourth-order valence-corrected chi connectivity index (χ4v) is 2.69. The summed E-state index contributed by atoms with van der Waals surface area (Å²) in [6, 6.07) is -0.736. The molecule has 1 aliphatic rings. The maximum atomic E-state index is 12.2. The largest absolute Gasteiger partial charge is 0.480 e. The van der Waals surface area contributed by atoms with Crippen molar-refractivity contribution < 1.29 is 14.7 Å². The van der Waals surface area contributed by atoms with E-state index in [1.54, 1.807) is 0 Å². The number of carbonyl (C=O) groups is 2. The third-order valence-electron chi connectivity index (χ3n) is 4.55. The third-order valence-corrected chi connectivity index (χ3v) is 4.55. The Morgan fingerprint density at radius 2 is 1.94 bits per heavy atom. The predicted octanol–water partition coefficient (Wildman–Crippen LogP) is 0.975. The number of nitrogens with two attached hydrogens (primary N) is 1. The Balaban J connectivity index is 2.77. The lowest BCUT2D eigenvalue weighted by Crippen LogP contribution is -2.53. The minimum atomic E-state index is -1.01. The number of rotatable bonds is 3. The fraction of sp³-hybridized carbons (Fsp3) is 0.846. The standard InChI is InChI=1S/C13H24N2O3/c1-7-10(14)6-5-9(13(7,3)4)11(16)15-8(2)12(17)18/h7-10H,5-6,14H2,1-4H3,(H,15,16)(H,17,18)/t7?,8-,9?,10?/m1/s1. The van der Waals surface area contributed by atoms with Crippen LogP contribution in [0.2, 0.25) is 0 Å².